The van der Waals surface area contributed by atoms with Crippen LogP contribution in [0, 0.1) is 0 Å². The van der Waals surface area contributed by atoms with Gasteiger partial charge < -0.3 is 15.9 Å². The fraction of sp³-hybridized carbons (Fsp3) is 0.500. The van der Waals surface area contributed by atoms with Crippen LogP contribution in [0.1, 0.15) is 0 Å². The highest BCUT2D eigenvalue weighted by Crippen LogP contribution is 2.39. The van der Waals surface area contributed by atoms with Gasteiger partial charge in [0, 0.05) is 5.75 Å². The summed E-state index contributed by atoms with van der Waals surface area (Å²) in [6, 6.07) is -0.621. The van der Waals surface area contributed by atoms with Crippen LogP contribution in [-0.2, 0) is 9.59 Å². The lowest BCUT2D eigenvalue weighted by Gasteiger charge is -2.47. The van der Waals surface area contributed by atoms with Crippen LogP contribution in [0.5, 0.6) is 0 Å². The predicted octanol–water partition coefficient (Wildman–Crippen LogP) is -1.44. The molecule has 0 radical (unpaired) electrons. The van der Waals surface area contributed by atoms with E-state index in [0.29, 0.717) is 11.3 Å². The van der Waals surface area contributed by atoms with Gasteiger partial charge in [0.2, 0.25) is 5.91 Å². The highest BCUT2D eigenvalue weighted by atomic mass is 32.2. The number of aliphatic hydroxyl groups excluding tert-OH is 1. The van der Waals surface area contributed by atoms with Gasteiger partial charge in [-0.15, -0.1) is 11.8 Å². The van der Waals surface area contributed by atoms with Crippen LogP contribution < -0.4 is 5.73 Å². The van der Waals surface area contributed by atoms with Crippen LogP contribution in [0.25, 0.3) is 0 Å². The summed E-state index contributed by atoms with van der Waals surface area (Å²) < 4.78 is 0. The highest BCUT2D eigenvalue weighted by Gasteiger charge is 2.51. The number of carbonyl (C=O) groups is 2. The van der Waals surface area contributed by atoms with Crippen LogP contribution in [0.15, 0.2) is 11.3 Å². The quantitative estimate of drug-likeness (QED) is 0.502. The number of nitrogens with two attached hydrogens (primary N) is 1. The number of fused-ring (bicyclic) bond motifs is 1. The molecule has 1 saturated heterocycles. The summed E-state index contributed by atoms with van der Waals surface area (Å²) in [5.74, 6) is -1.18. The zero-order chi connectivity index (χ0) is 11.2. The molecule has 7 heteroatoms. The molecule has 4 N–H and O–H groups in total. The molecule has 1 unspecified atom stereocenters. The Kier molecular flexibility index (Phi) is 2.45. The van der Waals surface area contributed by atoms with Crippen molar-refractivity contribution in [3.63, 3.8) is 0 Å². The van der Waals surface area contributed by atoms with Crippen LogP contribution in [0.3, 0.4) is 0 Å². The summed E-state index contributed by atoms with van der Waals surface area (Å²) in [5, 5.41) is 17.6. The number of thioether (sulfide) groups is 1. The minimum atomic E-state index is -1.19. The highest BCUT2D eigenvalue weighted by molar-refractivity contribution is 8.00. The number of carboxylic acids is 1. The Morgan fingerprint density at radius 3 is 2.87 bits per heavy atom. The maximum absolute atomic E-state index is 11.4. The summed E-state index contributed by atoms with van der Waals surface area (Å²) in [6.45, 7) is -0.347. The van der Waals surface area contributed by atoms with Crippen LogP contribution in [0.4, 0.5) is 0 Å². The van der Waals surface area contributed by atoms with E-state index in [1.165, 1.54) is 11.8 Å². The maximum Gasteiger partial charge on any atom is 0.352 e. The number of carboxylic acid groups (broad SMARTS) is 1. The first-order valence-corrected chi connectivity index (χ1v) is 5.39. The van der Waals surface area contributed by atoms with Crippen LogP contribution >= 0.6 is 11.8 Å². The molecule has 0 aromatic rings. The van der Waals surface area contributed by atoms with E-state index in [1.807, 2.05) is 0 Å². The number of amides is 1. The Bertz CT molecular complexity index is 368. The van der Waals surface area contributed by atoms with Crippen molar-refractivity contribution in [3.05, 3.63) is 11.3 Å². The number of hydrogen-bond donors (Lipinski definition) is 3. The molecule has 1 fully saturated rings. The summed E-state index contributed by atoms with van der Waals surface area (Å²) in [4.78, 5) is 23.5. The molecule has 15 heavy (non-hydrogen) atoms. The predicted molar refractivity (Wildman–Crippen MR) is 52.8 cm³/mol. The van der Waals surface area contributed by atoms with Crippen molar-refractivity contribution in [1.82, 2.24) is 4.90 Å². The van der Waals surface area contributed by atoms with Crippen molar-refractivity contribution in [2.75, 3.05) is 12.4 Å². The maximum atomic E-state index is 11.4. The van der Waals surface area contributed by atoms with E-state index in [9.17, 15) is 9.59 Å². The van der Waals surface area contributed by atoms with Gasteiger partial charge in [-0.1, -0.05) is 0 Å². The van der Waals surface area contributed by atoms with Gasteiger partial charge in [-0.2, -0.15) is 0 Å². The van der Waals surface area contributed by atoms with Crippen molar-refractivity contribution in [3.8, 4) is 0 Å². The molecule has 0 saturated carbocycles. The van der Waals surface area contributed by atoms with E-state index >= 15 is 0 Å². The largest absolute Gasteiger partial charge is 0.477 e. The fourth-order valence-corrected chi connectivity index (χ4v) is 2.98. The number of aliphatic hydroxyl groups is 1. The molecule has 0 aliphatic carbocycles. The molecule has 0 aromatic heterocycles. The van der Waals surface area contributed by atoms with Gasteiger partial charge in [-0.05, 0) is 5.57 Å². The third-order valence-electron chi connectivity index (χ3n) is 2.48. The molecule has 2 aliphatic heterocycles. The zero-order valence-corrected chi connectivity index (χ0v) is 8.53. The van der Waals surface area contributed by atoms with E-state index in [1.54, 1.807) is 0 Å². The Morgan fingerprint density at radius 2 is 2.33 bits per heavy atom. The normalized spacial score (nSPS) is 30.0. The zero-order valence-electron chi connectivity index (χ0n) is 7.71. The molecular weight excluding hydrogens is 220 g/mol. The molecule has 2 heterocycles. The van der Waals surface area contributed by atoms with Crippen molar-refractivity contribution >= 4 is 23.6 Å². The van der Waals surface area contributed by atoms with Gasteiger partial charge >= 0.3 is 5.97 Å². The van der Waals surface area contributed by atoms with E-state index < -0.39 is 17.9 Å². The van der Waals surface area contributed by atoms with E-state index in [-0.39, 0.29) is 17.7 Å². The monoisotopic (exact) mass is 230 g/mol. The second-order valence-corrected chi connectivity index (χ2v) is 4.46. The van der Waals surface area contributed by atoms with Crippen molar-refractivity contribution in [1.29, 1.82) is 0 Å². The molecule has 0 bridgehead atoms. The Labute approximate surface area is 89.7 Å². The van der Waals surface area contributed by atoms with Crippen molar-refractivity contribution in [2.45, 2.75) is 11.4 Å². The molecule has 2 aliphatic rings. The first-order valence-electron chi connectivity index (χ1n) is 4.34. The van der Waals surface area contributed by atoms with Gasteiger partial charge in [0.25, 0.3) is 0 Å². The molecular formula is C8H10N2O4S. The van der Waals surface area contributed by atoms with E-state index in [2.05, 4.69) is 0 Å². The van der Waals surface area contributed by atoms with Crippen LogP contribution in [-0.4, -0.2) is 50.8 Å². The van der Waals surface area contributed by atoms with E-state index in [0.717, 1.165) is 4.90 Å². The molecule has 2 rings (SSSR count). The third-order valence-corrected chi connectivity index (χ3v) is 3.84. The Hall–Kier alpha value is -1.05. The number of nitrogens with zero attached hydrogens (tertiary/aromatic N) is 1. The SMILES string of the molecule is N[C@H]1C(=O)N2C(C(=O)O)=C(CO)CSC12. The lowest BCUT2D eigenvalue weighted by Crippen LogP contribution is -2.68. The smallest absolute Gasteiger partial charge is 0.352 e. The van der Waals surface area contributed by atoms with Gasteiger partial charge in [0.05, 0.1) is 6.61 Å². The summed E-state index contributed by atoms with van der Waals surface area (Å²) in [7, 11) is 0. The van der Waals surface area contributed by atoms with Gasteiger partial charge in [0.15, 0.2) is 0 Å². The minimum Gasteiger partial charge on any atom is -0.477 e. The molecule has 6 nitrogen and oxygen atoms in total. The average molecular weight is 230 g/mol. The second kappa shape index (κ2) is 3.51. The summed E-state index contributed by atoms with van der Waals surface area (Å²) in [5.41, 5.74) is 5.80. The summed E-state index contributed by atoms with van der Waals surface area (Å²) >= 11 is 1.38. The molecule has 2 atom stereocenters. The van der Waals surface area contributed by atoms with Crippen LogP contribution in [0.2, 0.25) is 0 Å². The first kappa shape index (κ1) is 10.5. The standard InChI is InChI=1S/C8H10N2O4S/c9-4-6(12)10-5(8(13)14)3(1-11)2-15-7(4)10/h4,7,11H,1-2,9H2,(H,13,14)/t4-,7?/m0/s1. The lowest BCUT2D eigenvalue weighted by atomic mass is 10.0. The Balaban J connectivity index is 2.38. The second-order valence-electron chi connectivity index (χ2n) is 3.35. The fourth-order valence-electron chi connectivity index (χ4n) is 1.70. The van der Waals surface area contributed by atoms with Crippen molar-refractivity contribution in [2.24, 2.45) is 5.73 Å². The molecule has 0 spiro atoms. The number of β-lactam (4-membered cyclic amide) rings is 1. The first-order chi connectivity index (χ1) is 7.07. The van der Waals surface area contributed by atoms with Gasteiger partial charge in [-0.3, -0.25) is 9.69 Å². The third kappa shape index (κ3) is 1.35. The topological polar surface area (TPSA) is 104 Å². The Morgan fingerprint density at radius 1 is 1.67 bits per heavy atom. The minimum absolute atomic E-state index is 0.104. The number of carbonyl (C=O) groups excluding carboxylic acids is 1. The molecule has 82 valence electrons. The van der Waals surface area contributed by atoms with Crippen molar-refractivity contribution < 1.29 is 19.8 Å². The molecule has 0 aromatic carbocycles. The van der Waals surface area contributed by atoms with Gasteiger partial charge in [-0.25, -0.2) is 4.79 Å². The molecule has 1 amide bonds. The number of rotatable bonds is 2. The lowest BCUT2D eigenvalue weighted by molar-refractivity contribution is -0.148. The summed E-state index contributed by atoms with van der Waals surface area (Å²) in [6.07, 6.45) is 0. The number of hydrogen-bond acceptors (Lipinski definition) is 5. The number of aliphatic carboxylic acids is 1. The van der Waals surface area contributed by atoms with Gasteiger partial charge in [0.1, 0.15) is 17.1 Å². The average Bonchev–Trinajstić information content (AvgIpc) is 2.25. The van der Waals surface area contributed by atoms with E-state index in [4.69, 9.17) is 15.9 Å².